The van der Waals surface area contributed by atoms with E-state index in [9.17, 15) is 9.90 Å². The Labute approximate surface area is 60.2 Å². The van der Waals surface area contributed by atoms with Gasteiger partial charge in [0.25, 0.3) is 6.16 Å². The minimum absolute atomic E-state index is 0. The summed E-state index contributed by atoms with van der Waals surface area (Å²) in [6.07, 6.45) is -0.740. The van der Waals surface area contributed by atoms with Crippen LogP contribution in [0, 0.1) is 0 Å². The summed E-state index contributed by atoms with van der Waals surface area (Å²) in [6.45, 7) is 2.06. The number of hydrogen-bond acceptors (Lipinski definition) is 3. The molecule has 0 atom stereocenters. The van der Waals surface area contributed by atoms with Crippen LogP contribution >= 0.6 is 0 Å². The van der Waals surface area contributed by atoms with Gasteiger partial charge in [0, 0.05) is 6.61 Å². The van der Waals surface area contributed by atoms with Crippen molar-refractivity contribution in [2.75, 3.05) is 6.61 Å². The van der Waals surface area contributed by atoms with Gasteiger partial charge in [0.2, 0.25) is 0 Å². The van der Waals surface area contributed by atoms with Crippen LogP contribution in [0.15, 0.2) is 0 Å². The van der Waals surface area contributed by atoms with E-state index in [2.05, 4.69) is 4.74 Å². The second kappa shape index (κ2) is 6.87. The van der Waals surface area contributed by atoms with Crippen LogP contribution in [0.5, 0.6) is 0 Å². The molecule has 8 heavy (non-hydrogen) atoms. The van der Waals surface area contributed by atoms with Crippen LogP contribution in [0.3, 0.4) is 0 Å². The van der Waals surface area contributed by atoms with Crippen LogP contribution in [0.4, 0.5) is 4.79 Å². The number of hydrogen-bond donors (Lipinski definition) is 0. The van der Waals surface area contributed by atoms with Crippen molar-refractivity contribution in [3.8, 4) is 0 Å². The van der Waals surface area contributed by atoms with E-state index in [1.165, 1.54) is 0 Å². The first-order valence-corrected chi connectivity index (χ1v) is 2.11. The third-order valence-electron chi connectivity index (χ3n) is 0.424. The molecule has 0 aromatic carbocycles. The van der Waals surface area contributed by atoms with E-state index in [4.69, 9.17) is 0 Å². The molecule has 3 nitrogen and oxygen atoms in total. The minimum Gasteiger partial charge on any atom is -0.550 e. The summed E-state index contributed by atoms with van der Waals surface area (Å²) in [5.41, 5.74) is 0. The summed E-state index contributed by atoms with van der Waals surface area (Å²) in [5, 5.41) is 9.42. The molecule has 0 fully saturated rings. The average Bonchev–Trinajstić information content (AvgIpc) is 1.61. The van der Waals surface area contributed by atoms with E-state index in [1.807, 2.05) is 6.92 Å². The first kappa shape index (κ1) is 10.8. The fourth-order valence-electron chi connectivity index (χ4n) is 0.185. The smallest absolute Gasteiger partial charge is 0.550 e. The standard InChI is InChI=1S/C4H8O3.Li/c1-2-3-7-4(5)6;/h2-3H2,1H3,(H,5,6);/q;+1/p-1. The minimum atomic E-state index is -1.44. The molecule has 0 N–H and O–H groups in total. The number of carbonyl (C=O) groups excluding carboxylic acids is 1. The predicted molar refractivity (Wildman–Crippen MR) is 21.6 cm³/mol. The molecular formula is C4H7LiO3. The summed E-state index contributed by atoms with van der Waals surface area (Å²) >= 11 is 0. The zero-order valence-corrected chi connectivity index (χ0v) is 5.14. The van der Waals surface area contributed by atoms with Crippen molar-refractivity contribution in [2.24, 2.45) is 0 Å². The molecule has 0 spiro atoms. The van der Waals surface area contributed by atoms with Crippen molar-refractivity contribution in [1.29, 1.82) is 0 Å². The second-order valence-corrected chi connectivity index (χ2v) is 1.10. The summed E-state index contributed by atoms with van der Waals surface area (Å²) in [4.78, 5) is 9.42. The molecule has 0 radical (unpaired) electrons. The van der Waals surface area contributed by atoms with Gasteiger partial charge in [-0.25, -0.2) is 0 Å². The number of carbonyl (C=O) groups is 1. The quantitative estimate of drug-likeness (QED) is 0.277. The first-order valence-electron chi connectivity index (χ1n) is 2.11. The molecule has 0 rings (SSSR count). The van der Waals surface area contributed by atoms with Crippen molar-refractivity contribution < 1.29 is 33.5 Å². The Morgan fingerprint density at radius 3 is 2.38 bits per heavy atom. The van der Waals surface area contributed by atoms with Gasteiger partial charge in [-0.3, -0.25) is 0 Å². The SMILES string of the molecule is CCCOC(=O)[O-].[Li+]. The third kappa shape index (κ3) is 9.29. The van der Waals surface area contributed by atoms with Crippen molar-refractivity contribution >= 4 is 6.16 Å². The van der Waals surface area contributed by atoms with E-state index in [-0.39, 0.29) is 25.5 Å². The van der Waals surface area contributed by atoms with Crippen LogP contribution in [0.25, 0.3) is 0 Å². The van der Waals surface area contributed by atoms with Crippen LogP contribution < -0.4 is 24.0 Å². The molecule has 4 heteroatoms. The van der Waals surface area contributed by atoms with E-state index < -0.39 is 6.16 Å². The van der Waals surface area contributed by atoms with Gasteiger partial charge in [-0.2, -0.15) is 0 Å². The molecule has 42 valence electrons. The number of ether oxygens (including phenoxy) is 1. The zero-order valence-electron chi connectivity index (χ0n) is 5.14. The molecule has 0 aliphatic carbocycles. The summed E-state index contributed by atoms with van der Waals surface area (Å²) in [6, 6.07) is 0. The van der Waals surface area contributed by atoms with Crippen LogP contribution in [-0.2, 0) is 4.74 Å². The number of rotatable bonds is 2. The Kier molecular flexibility index (Phi) is 9.25. The van der Waals surface area contributed by atoms with Gasteiger partial charge in [0.15, 0.2) is 0 Å². The maximum atomic E-state index is 9.42. The van der Waals surface area contributed by atoms with Crippen LogP contribution in [0.2, 0.25) is 0 Å². The van der Waals surface area contributed by atoms with E-state index in [0.717, 1.165) is 0 Å². The van der Waals surface area contributed by atoms with Crippen molar-refractivity contribution in [1.82, 2.24) is 0 Å². The van der Waals surface area contributed by atoms with Gasteiger partial charge in [0.1, 0.15) is 0 Å². The topological polar surface area (TPSA) is 49.4 Å². The van der Waals surface area contributed by atoms with Gasteiger partial charge < -0.3 is 14.6 Å². The van der Waals surface area contributed by atoms with Crippen LogP contribution in [0.1, 0.15) is 13.3 Å². The Morgan fingerprint density at radius 2 is 2.25 bits per heavy atom. The van der Waals surface area contributed by atoms with Crippen molar-refractivity contribution in [2.45, 2.75) is 13.3 Å². The maximum absolute atomic E-state index is 9.42. The van der Waals surface area contributed by atoms with Gasteiger partial charge in [0.05, 0.1) is 0 Å². The molecule has 0 aromatic heterocycles. The molecule has 0 aromatic rings. The third-order valence-corrected chi connectivity index (χ3v) is 0.424. The Bertz CT molecular complexity index is 64.3. The molecule has 0 saturated carbocycles. The van der Waals surface area contributed by atoms with Crippen molar-refractivity contribution in [3.05, 3.63) is 0 Å². The average molecular weight is 110 g/mol. The summed E-state index contributed by atoms with van der Waals surface area (Å²) in [5.74, 6) is 0. The van der Waals surface area contributed by atoms with Gasteiger partial charge in [-0.05, 0) is 6.42 Å². The molecule has 0 amide bonds. The number of carboxylic acid groups (broad SMARTS) is 1. The first-order chi connectivity index (χ1) is 3.27. The fraction of sp³-hybridized carbons (Fsp3) is 0.750. The monoisotopic (exact) mass is 110 g/mol. The normalized spacial score (nSPS) is 7.12. The second-order valence-electron chi connectivity index (χ2n) is 1.10. The van der Waals surface area contributed by atoms with Crippen molar-refractivity contribution in [3.63, 3.8) is 0 Å². The zero-order chi connectivity index (χ0) is 5.70. The Morgan fingerprint density at radius 1 is 1.75 bits per heavy atom. The van der Waals surface area contributed by atoms with Gasteiger partial charge in [-0.15, -0.1) is 0 Å². The van der Waals surface area contributed by atoms with E-state index in [1.54, 1.807) is 0 Å². The van der Waals surface area contributed by atoms with E-state index in [0.29, 0.717) is 6.42 Å². The summed E-state index contributed by atoms with van der Waals surface area (Å²) in [7, 11) is 0. The maximum Gasteiger partial charge on any atom is 1.00 e. The summed E-state index contributed by atoms with van der Waals surface area (Å²) < 4.78 is 4.00. The molecule has 0 bridgehead atoms. The molecule has 0 unspecified atom stereocenters. The fourth-order valence-corrected chi connectivity index (χ4v) is 0.185. The molecule has 0 saturated heterocycles. The molecular weight excluding hydrogens is 103 g/mol. The van der Waals surface area contributed by atoms with Gasteiger partial charge >= 0.3 is 18.9 Å². The largest absolute Gasteiger partial charge is 1.00 e. The van der Waals surface area contributed by atoms with Gasteiger partial charge in [-0.1, -0.05) is 6.92 Å². The molecule has 0 heterocycles. The predicted octanol–water partition coefficient (Wildman–Crippen LogP) is -3.24. The Balaban J connectivity index is 0. The molecule has 0 aliphatic rings. The van der Waals surface area contributed by atoms with Crippen LogP contribution in [-0.4, -0.2) is 12.8 Å². The van der Waals surface area contributed by atoms with E-state index >= 15 is 0 Å². The molecule has 0 aliphatic heterocycles. The Hall–Kier alpha value is -0.133.